The molecule has 4 nitrogen and oxygen atoms in total. The van der Waals surface area contributed by atoms with E-state index in [0.29, 0.717) is 0 Å². The molecule has 13 heavy (non-hydrogen) atoms. The van der Waals surface area contributed by atoms with Crippen LogP contribution in [0.3, 0.4) is 0 Å². The molecular formula is C6H8F3NO3. The Balaban J connectivity index is 4.46. The minimum absolute atomic E-state index is 0.195. The van der Waals surface area contributed by atoms with Crippen LogP contribution in [0, 0.1) is 0 Å². The van der Waals surface area contributed by atoms with Crippen molar-refractivity contribution in [2.45, 2.75) is 25.6 Å². The van der Waals surface area contributed by atoms with E-state index in [9.17, 15) is 22.8 Å². The van der Waals surface area contributed by atoms with Crippen LogP contribution in [0.25, 0.3) is 0 Å². The van der Waals surface area contributed by atoms with Crippen molar-refractivity contribution in [1.82, 2.24) is 5.32 Å². The third-order valence-corrected chi connectivity index (χ3v) is 1.20. The number of halogens is 3. The smallest absolute Gasteiger partial charge is 0.419 e. The summed E-state index contributed by atoms with van der Waals surface area (Å²) in [4.78, 5) is 20.6. The number of hydrogen-bond donors (Lipinski definition) is 2. The number of aliphatic carboxylic acids is 1. The molecule has 7 heteroatoms. The Kier molecular flexibility index (Phi) is 3.70. The first kappa shape index (κ1) is 11.7. The largest absolute Gasteiger partial charge is 0.479 e. The fourth-order valence-electron chi connectivity index (χ4n) is 0.547. The number of carbonyl (C=O) groups excluding carboxylic acids is 1. The number of nitrogens with one attached hydrogen (secondary N) is 1. The molecule has 1 amide bonds. The zero-order valence-electron chi connectivity index (χ0n) is 6.68. The van der Waals surface area contributed by atoms with E-state index in [1.807, 2.05) is 0 Å². The SMILES string of the molecule is CCC(=O)NC(C(=O)O)C(F)(F)F. The Hall–Kier alpha value is -1.27. The van der Waals surface area contributed by atoms with Crippen LogP contribution in [0.4, 0.5) is 13.2 Å². The van der Waals surface area contributed by atoms with E-state index in [1.54, 1.807) is 0 Å². The van der Waals surface area contributed by atoms with Gasteiger partial charge in [0.25, 0.3) is 0 Å². The minimum atomic E-state index is -4.96. The molecule has 0 saturated carbocycles. The van der Waals surface area contributed by atoms with Gasteiger partial charge >= 0.3 is 12.1 Å². The minimum Gasteiger partial charge on any atom is -0.479 e. The lowest BCUT2D eigenvalue weighted by Gasteiger charge is -2.16. The van der Waals surface area contributed by atoms with Crippen LogP contribution in [0.15, 0.2) is 0 Å². The highest BCUT2D eigenvalue weighted by Gasteiger charge is 2.45. The Labute approximate surface area is 71.7 Å². The summed E-state index contributed by atoms with van der Waals surface area (Å²) >= 11 is 0. The summed E-state index contributed by atoms with van der Waals surface area (Å²) in [5.74, 6) is -3.07. The predicted molar refractivity (Wildman–Crippen MR) is 35.9 cm³/mol. The Morgan fingerprint density at radius 3 is 2.15 bits per heavy atom. The Morgan fingerprint density at radius 1 is 1.46 bits per heavy atom. The van der Waals surface area contributed by atoms with Crippen LogP contribution in [0.1, 0.15) is 13.3 Å². The zero-order chi connectivity index (χ0) is 10.6. The fourth-order valence-corrected chi connectivity index (χ4v) is 0.547. The van der Waals surface area contributed by atoms with Crippen molar-refractivity contribution in [3.63, 3.8) is 0 Å². The van der Waals surface area contributed by atoms with E-state index >= 15 is 0 Å². The van der Waals surface area contributed by atoms with Gasteiger partial charge in [-0.2, -0.15) is 13.2 Å². The maximum Gasteiger partial charge on any atom is 0.419 e. The number of carboxylic acids is 1. The molecule has 0 aliphatic rings. The lowest BCUT2D eigenvalue weighted by Crippen LogP contribution is -2.50. The van der Waals surface area contributed by atoms with Gasteiger partial charge in [-0.1, -0.05) is 6.92 Å². The van der Waals surface area contributed by atoms with Crippen molar-refractivity contribution in [3.8, 4) is 0 Å². The molecule has 0 saturated heterocycles. The van der Waals surface area contributed by atoms with E-state index in [2.05, 4.69) is 0 Å². The second-order valence-corrected chi connectivity index (χ2v) is 2.23. The van der Waals surface area contributed by atoms with Crippen LogP contribution >= 0.6 is 0 Å². The highest BCUT2D eigenvalue weighted by molar-refractivity contribution is 5.83. The average Bonchev–Trinajstić information content (AvgIpc) is 1.96. The normalized spacial score (nSPS) is 13.5. The highest BCUT2D eigenvalue weighted by atomic mass is 19.4. The van der Waals surface area contributed by atoms with Crippen molar-refractivity contribution >= 4 is 11.9 Å². The van der Waals surface area contributed by atoms with Gasteiger partial charge in [0.05, 0.1) is 0 Å². The average molecular weight is 199 g/mol. The fraction of sp³-hybridized carbons (Fsp3) is 0.667. The first-order valence-electron chi connectivity index (χ1n) is 3.38. The van der Waals surface area contributed by atoms with Crippen LogP contribution in [0.2, 0.25) is 0 Å². The molecule has 0 radical (unpaired) electrons. The topological polar surface area (TPSA) is 66.4 Å². The summed E-state index contributed by atoms with van der Waals surface area (Å²) in [5, 5.41) is 9.46. The van der Waals surface area contributed by atoms with E-state index < -0.39 is 24.1 Å². The number of carbonyl (C=O) groups is 2. The quantitative estimate of drug-likeness (QED) is 0.696. The van der Waals surface area contributed by atoms with Gasteiger partial charge in [-0.25, -0.2) is 4.79 Å². The molecule has 0 aliphatic carbocycles. The monoisotopic (exact) mass is 199 g/mol. The summed E-state index contributed by atoms with van der Waals surface area (Å²) < 4.78 is 35.6. The standard InChI is InChI=1S/C6H8F3NO3/c1-2-3(11)10-4(5(12)13)6(7,8)9/h4H,2H2,1H3,(H,10,11)(H,12,13). The molecule has 0 bridgehead atoms. The van der Waals surface area contributed by atoms with Gasteiger partial charge < -0.3 is 10.4 Å². The van der Waals surface area contributed by atoms with Crippen LogP contribution in [0.5, 0.6) is 0 Å². The van der Waals surface area contributed by atoms with E-state index in [1.165, 1.54) is 12.2 Å². The molecule has 0 fully saturated rings. The molecule has 0 heterocycles. The summed E-state index contributed by atoms with van der Waals surface area (Å²) in [6, 6.07) is -2.82. The van der Waals surface area contributed by atoms with Crippen molar-refractivity contribution in [2.75, 3.05) is 0 Å². The maximum absolute atomic E-state index is 11.9. The molecule has 0 aromatic heterocycles. The summed E-state index contributed by atoms with van der Waals surface area (Å²) in [6.07, 6.45) is -5.16. The molecule has 1 unspecified atom stereocenters. The molecule has 0 aromatic rings. The molecule has 76 valence electrons. The predicted octanol–water partition coefficient (Wildman–Crippen LogP) is 0.528. The maximum atomic E-state index is 11.9. The van der Waals surface area contributed by atoms with Gasteiger partial charge in [-0.15, -0.1) is 0 Å². The summed E-state index contributed by atoms with van der Waals surface area (Å²) in [7, 11) is 0. The molecule has 0 aromatic carbocycles. The molecule has 0 aliphatic heterocycles. The highest BCUT2D eigenvalue weighted by Crippen LogP contribution is 2.20. The van der Waals surface area contributed by atoms with Crippen LogP contribution < -0.4 is 5.32 Å². The first-order chi connectivity index (χ1) is 5.79. The summed E-state index contributed by atoms with van der Waals surface area (Å²) in [5.41, 5.74) is 0. The number of hydrogen-bond acceptors (Lipinski definition) is 2. The molecular weight excluding hydrogens is 191 g/mol. The van der Waals surface area contributed by atoms with Crippen molar-refractivity contribution < 1.29 is 27.9 Å². The third-order valence-electron chi connectivity index (χ3n) is 1.20. The van der Waals surface area contributed by atoms with Gasteiger partial charge in [-0.3, -0.25) is 4.79 Å². The number of rotatable bonds is 3. The molecule has 0 spiro atoms. The zero-order valence-corrected chi connectivity index (χ0v) is 6.68. The Bertz CT molecular complexity index is 214. The lowest BCUT2D eigenvalue weighted by molar-refractivity contribution is -0.182. The summed E-state index contributed by atoms with van der Waals surface area (Å²) in [6.45, 7) is 1.32. The van der Waals surface area contributed by atoms with Gasteiger partial charge in [0.15, 0.2) is 0 Å². The molecule has 0 rings (SSSR count). The first-order valence-corrected chi connectivity index (χ1v) is 3.38. The van der Waals surface area contributed by atoms with Crippen molar-refractivity contribution in [1.29, 1.82) is 0 Å². The molecule has 2 N–H and O–H groups in total. The van der Waals surface area contributed by atoms with Crippen LogP contribution in [-0.2, 0) is 9.59 Å². The molecule has 1 atom stereocenters. The van der Waals surface area contributed by atoms with Gasteiger partial charge in [-0.05, 0) is 0 Å². The number of amides is 1. The lowest BCUT2D eigenvalue weighted by atomic mass is 10.3. The van der Waals surface area contributed by atoms with Gasteiger partial charge in [0, 0.05) is 6.42 Å². The number of carboxylic acid groups (broad SMARTS) is 1. The van der Waals surface area contributed by atoms with Crippen molar-refractivity contribution in [3.05, 3.63) is 0 Å². The second-order valence-electron chi connectivity index (χ2n) is 2.23. The van der Waals surface area contributed by atoms with Gasteiger partial charge in [0.1, 0.15) is 0 Å². The third kappa shape index (κ3) is 3.77. The van der Waals surface area contributed by atoms with E-state index in [0.717, 1.165) is 0 Å². The van der Waals surface area contributed by atoms with E-state index in [4.69, 9.17) is 5.11 Å². The van der Waals surface area contributed by atoms with Crippen molar-refractivity contribution in [2.24, 2.45) is 0 Å². The Morgan fingerprint density at radius 2 is 1.92 bits per heavy atom. The number of alkyl halides is 3. The second kappa shape index (κ2) is 4.11. The van der Waals surface area contributed by atoms with E-state index in [-0.39, 0.29) is 6.42 Å². The van der Waals surface area contributed by atoms with Crippen LogP contribution in [-0.4, -0.2) is 29.2 Å². The van der Waals surface area contributed by atoms with Gasteiger partial charge in [0.2, 0.25) is 11.9 Å².